The van der Waals surface area contributed by atoms with Crippen LogP contribution in [0.3, 0.4) is 0 Å². The number of hydrogen-bond acceptors (Lipinski definition) is 2. The Morgan fingerprint density at radius 2 is 1.71 bits per heavy atom. The first-order chi connectivity index (χ1) is 10.1. The van der Waals surface area contributed by atoms with Gasteiger partial charge in [-0.15, -0.1) is 0 Å². The number of urea groups is 1. The fraction of sp³-hybridized carbons (Fsp3) is 0.875. The van der Waals surface area contributed by atoms with Gasteiger partial charge >= 0.3 is 12.0 Å². The van der Waals surface area contributed by atoms with Gasteiger partial charge in [-0.3, -0.25) is 4.79 Å². The summed E-state index contributed by atoms with van der Waals surface area (Å²) in [5.74, 6) is -1.01. The lowest BCUT2D eigenvalue weighted by Crippen LogP contribution is -2.49. The van der Waals surface area contributed by atoms with Gasteiger partial charge in [0.1, 0.15) is 0 Å². The monoisotopic (exact) mass is 294 g/mol. The van der Waals surface area contributed by atoms with Gasteiger partial charge in [-0.2, -0.15) is 0 Å². The Hall–Kier alpha value is -1.26. The first-order valence-corrected chi connectivity index (χ1v) is 8.36. The van der Waals surface area contributed by atoms with Crippen molar-refractivity contribution in [1.82, 2.24) is 10.2 Å². The van der Waals surface area contributed by atoms with Crippen molar-refractivity contribution in [3.05, 3.63) is 0 Å². The lowest BCUT2D eigenvalue weighted by molar-refractivity contribution is -0.141. The third-order valence-electron chi connectivity index (χ3n) is 5.88. The Morgan fingerprint density at radius 1 is 1.05 bits per heavy atom. The minimum Gasteiger partial charge on any atom is -0.481 e. The molecule has 0 bridgehead atoms. The summed E-state index contributed by atoms with van der Waals surface area (Å²) >= 11 is 0. The normalized spacial score (nSPS) is 31.5. The number of carboxylic acids is 1. The molecule has 0 radical (unpaired) electrons. The summed E-state index contributed by atoms with van der Waals surface area (Å²) in [7, 11) is 0. The number of carboxylic acid groups (broad SMARTS) is 1. The van der Waals surface area contributed by atoms with Gasteiger partial charge in [-0.25, -0.2) is 4.79 Å². The van der Waals surface area contributed by atoms with Crippen LogP contribution in [0.1, 0.15) is 57.8 Å². The number of piperidine rings is 1. The minimum atomic E-state index is -0.729. The molecule has 2 amide bonds. The molecule has 0 aromatic heterocycles. The van der Waals surface area contributed by atoms with Crippen LogP contribution in [-0.2, 0) is 4.79 Å². The zero-order chi connectivity index (χ0) is 14.9. The molecule has 21 heavy (non-hydrogen) atoms. The summed E-state index contributed by atoms with van der Waals surface area (Å²) in [5.41, 5.74) is 0.526. The molecule has 1 heterocycles. The highest BCUT2D eigenvalue weighted by atomic mass is 16.4. The third-order valence-corrected chi connectivity index (χ3v) is 5.88. The largest absolute Gasteiger partial charge is 0.481 e. The van der Waals surface area contributed by atoms with Crippen molar-refractivity contribution < 1.29 is 14.7 Å². The predicted molar refractivity (Wildman–Crippen MR) is 79.0 cm³/mol. The molecule has 0 aromatic rings. The molecule has 2 saturated carbocycles. The molecule has 5 heteroatoms. The number of nitrogens with one attached hydrogen (secondary N) is 1. The molecule has 1 aliphatic heterocycles. The fourth-order valence-corrected chi connectivity index (χ4v) is 4.41. The summed E-state index contributed by atoms with van der Waals surface area (Å²) in [4.78, 5) is 25.2. The zero-order valence-corrected chi connectivity index (χ0v) is 12.6. The summed E-state index contributed by atoms with van der Waals surface area (Å²) in [6, 6.07) is 0.0554. The van der Waals surface area contributed by atoms with Crippen molar-refractivity contribution >= 4 is 12.0 Å². The molecule has 118 valence electrons. The first-order valence-electron chi connectivity index (χ1n) is 8.36. The van der Waals surface area contributed by atoms with Crippen LogP contribution in [0.25, 0.3) is 0 Å². The lowest BCUT2D eigenvalue weighted by atomic mass is 9.77. The molecule has 3 aliphatic rings. The SMILES string of the molecule is O=C(O)C1CCC(NC(=O)N2CCC3(CCCC3)CC2)C1. The average molecular weight is 294 g/mol. The summed E-state index contributed by atoms with van der Waals surface area (Å²) in [6.07, 6.45) is 9.72. The molecule has 2 unspecified atom stereocenters. The maximum Gasteiger partial charge on any atom is 0.317 e. The molecule has 2 N–H and O–H groups in total. The molecular weight excluding hydrogens is 268 g/mol. The predicted octanol–water partition coefficient (Wildman–Crippen LogP) is 2.61. The molecule has 3 rings (SSSR count). The molecule has 2 atom stereocenters. The number of aliphatic carboxylic acids is 1. The van der Waals surface area contributed by atoms with E-state index in [0.29, 0.717) is 18.3 Å². The number of amides is 2. The lowest BCUT2D eigenvalue weighted by Gasteiger charge is -2.39. The average Bonchev–Trinajstić information content (AvgIpc) is 3.10. The second kappa shape index (κ2) is 5.85. The van der Waals surface area contributed by atoms with Crippen molar-refractivity contribution in [3.8, 4) is 0 Å². The number of carbonyl (C=O) groups excluding carboxylic acids is 1. The maximum atomic E-state index is 12.3. The summed E-state index contributed by atoms with van der Waals surface area (Å²) < 4.78 is 0. The van der Waals surface area contributed by atoms with Crippen LogP contribution >= 0.6 is 0 Å². The van der Waals surface area contributed by atoms with E-state index < -0.39 is 5.97 Å². The molecular formula is C16H26N2O3. The van der Waals surface area contributed by atoms with Crippen LogP contribution in [0.2, 0.25) is 0 Å². The maximum absolute atomic E-state index is 12.3. The second-order valence-electron chi connectivity index (χ2n) is 7.19. The van der Waals surface area contributed by atoms with E-state index in [4.69, 9.17) is 5.11 Å². The van der Waals surface area contributed by atoms with E-state index in [1.807, 2.05) is 4.90 Å². The van der Waals surface area contributed by atoms with Gasteiger partial charge < -0.3 is 15.3 Å². The van der Waals surface area contributed by atoms with Gasteiger partial charge in [-0.05, 0) is 50.4 Å². The molecule has 1 spiro atoms. The van der Waals surface area contributed by atoms with E-state index in [1.54, 1.807) is 0 Å². The van der Waals surface area contributed by atoms with E-state index in [2.05, 4.69) is 5.32 Å². The summed E-state index contributed by atoms with van der Waals surface area (Å²) in [6.45, 7) is 1.72. The van der Waals surface area contributed by atoms with Crippen LogP contribution in [0.5, 0.6) is 0 Å². The smallest absolute Gasteiger partial charge is 0.317 e. The highest BCUT2D eigenvalue weighted by molar-refractivity contribution is 5.75. The van der Waals surface area contributed by atoms with Gasteiger partial charge in [0.15, 0.2) is 0 Å². The van der Waals surface area contributed by atoms with Crippen molar-refractivity contribution in [2.75, 3.05) is 13.1 Å². The molecule has 3 fully saturated rings. The van der Waals surface area contributed by atoms with Gasteiger partial charge in [0.05, 0.1) is 5.92 Å². The molecule has 0 aromatic carbocycles. The summed E-state index contributed by atoms with van der Waals surface area (Å²) in [5, 5.41) is 12.0. The van der Waals surface area contributed by atoms with Gasteiger partial charge in [0.2, 0.25) is 0 Å². The molecule has 1 saturated heterocycles. The first kappa shape index (κ1) is 14.7. The Balaban J connectivity index is 1.45. The van der Waals surface area contributed by atoms with Crippen LogP contribution in [0.15, 0.2) is 0 Å². The number of hydrogen-bond donors (Lipinski definition) is 2. The number of nitrogens with zero attached hydrogens (tertiary/aromatic N) is 1. The number of likely N-dealkylation sites (tertiary alicyclic amines) is 1. The van der Waals surface area contributed by atoms with E-state index >= 15 is 0 Å². The van der Waals surface area contributed by atoms with Crippen LogP contribution in [0, 0.1) is 11.3 Å². The quantitative estimate of drug-likeness (QED) is 0.822. The Morgan fingerprint density at radius 3 is 2.29 bits per heavy atom. The highest BCUT2D eigenvalue weighted by Gasteiger charge is 2.38. The fourth-order valence-electron chi connectivity index (χ4n) is 4.41. The highest BCUT2D eigenvalue weighted by Crippen LogP contribution is 2.46. The van der Waals surface area contributed by atoms with Crippen molar-refractivity contribution in [2.45, 2.75) is 63.8 Å². The zero-order valence-electron chi connectivity index (χ0n) is 12.6. The Bertz CT molecular complexity index is 408. The number of carbonyl (C=O) groups is 2. The van der Waals surface area contributed by atoms with E-state index in [9.17, 15) is 9.59 Å². The van der Waals surface area contributed by atoms with E-state index in [-0.39, 0.29) is 18.0 Å². The van der Waals surface area contributed by atoms with Crippen molar-refractivity contribution in [2.24, 2.45) is 11.3 Å². The van der Waals surface area contributed by atoms with Gasteiger partial charge in [-0.1, -0.05) is 12.8 Å². The third kappa shape index (κ3) is 3.16. The standard InChI is InChI=1S/C16H26N2O3/c19-14(20)12-3-4-13(11-12)17-15(21)18-9-7-16(8-10-18)5-1-2-6-16/h12-13H,1-11H2,(H,17,21)(H,19,20). The minimum absolute atomic E-state index is 0.0129. The second-order valence-corrected chi connectivity index (χ2v) is 7.19. The van der Waals surface area contributed by atoms with Crippen LogP contribution in [0.4, 0.5) is 4.79 Å². The van der Waals surface area contributed by atoms with Crippen molar-refractivity contribution in [3.63, 3.8) is 0 Å². The van der Waals surface area contributed by atoms with Gasteiger partial charge in [0, 0.05) is 19.1 Å². The molecule has 5 nitrogen and oxygen atoms in total. The van der Waals surface area contributed by atoms with Crippen LogP contribution in [-0.4, -0.2) is 41.1 Å². The van der Waals surface area contributed by atoms with Crippen molar-refractivity contribution in [1.29, 1.82) is 0 Å². The number of rotatable bonds is 2. The Labute approximate surface area is 126 Å². The van der Waals surface area contributed by atoms with Gasteiger partial charge in [0.25, 0.3) is 0 Å². The van der Waals surface area contributed by atoms with Crippen LogP contribution < -0.4 is 5.32 Å². The molecule has 2 aliphatic carbocycles. The Kier molecular flexibility index (Phi) is 4.09. The van der Waals surface area contributed by atoms with E-state index in [1.165, 1.54) is 25.7 Å². The van der Waals surface area contributed by atoms with E-state index in [0.717, 1.165) is 32.4 Å². The topological polar surface area (TPSA) is 69.6 Å².